The third-order valence-corrected chi connectivity index (χ3v) is 4.52. The van der Waals surface area contributed by atoms with Gasteiger partial charge in [-0.05, 0) is 18.6 Å². The second-order valence-electron chi connectivity index (χ2n) is 6.12. The molecule has 0 aliphatic carbocycles. The Kier molecular flexibility index (Phi) is 4.83. The van der Waals surface area contributed by atoms with E-state index in [1.54, 1.807) is 25.2 Å². The van der Waals surface area contributed by atoms with Gasteiger partial charge in [-0.3, -0.25) is 0 Å². The molecule has 3 N–H and O–H groups in total. The number of hydrogen-bond donors (Lipinski definition) is 3. The van der Waals surface area contributed by atoms with Gasteiger partial charge in [0.05, 0.1) is 11.1 Å². The summed E-state index contributed by atoms with van der Waals surface area (Å²) in [5.41, 5.74) is 0.185. The standard InChI is InChI=1S/C18H18ClNO5/c1-9-6-15-14(25-15)5-3-2-4-10(20)7-11-16(18(23)24-9)12(21)8-13(22)17(11)19/h2-5,8-9,14-15,20-22H,6-7H2,1H3/b4-2+,5-3-,20-10?. The number of hydrogen-bond acceptors (Lipinski definition) is 6. The van der Waals surface area contributed by atoms with Gasteiger partial charge < -0.3 is 25.1 Å². The van der Waals surface area contributed by atoms with Crippen LogP contribution in [0.4, 0.5) is 0 Å². The Balaban J connectivity index is 2.01. The zero-order chi connectivity index (χ0) is 18.1. The number of halogens is 1. The van der Waals surface area contributed by atoms with E-state index in [1.165, 1.54) is 0 Å². The van der Waals surface area contributed by atoms with E-state index in [4.69, 9.17) is 26.5 Å². The van der Waals surface area contributed by atoms with E-state index in [0.717, 1.165) is 6.07 Å². The minimum Gasteiger partial charge on any atom is -0.507 e. The zero-order valence-electron chi connectivity index (χ0n) is 13.5. The number of esters is 1. The van der Waals surface area contributed by atoms with Crippen molar-refractivity contribution in [3.05, 3.63) is 46.5 Å². The first-order chi connectivity index (χ1) is 11.9. The van der Waals surface area contributed by atoms with Gasteiger partial charge in [-0.2, -0.15) is 0 Å². The molecule has 3 rings (SSSR count). The lowest BCUT2D eigenvalue weighted by Crippen LogP contribution is -2.19. The Bertz CT molecular complexity index is 786. The average molecular weight is 364 g/mol. The van der Waals surface area contributed by atoms with Gasteiger partial charge in [-0.15, -0.1) is 0 Å². The molecule has 3 unspecified atom stereocenters. The minimum atomic E-state index is -0.747. The highest BCUT2D eigenvalue weighted by atomic mass is 35.5. The van der Waals surface area contributed by atoms with E-state index in [-0.39, 0.29) is 46.2 Å². The van der Waals surface area contributed by atoms with Gasteiger partial charge in [0, 0.05) is 24.6 Å². The van der Waals surface area contributed by atoms with E-state index in [2.05, 4.69) is 0 Å². The van der Waals surface area contributed by atoms with Crippen LogP contribution in [0.5, 0.6) is 11.5 Å². The number of nitrogens with one attached hydrogen (secondary N) is 1. The van der Waals surface area contributed by atoms with Crippen LogP contribution in [0, 0.1) is 5.41 Å². The third kappa shape index (κ3) is 3.86. The lowest BCUT2D eigenvalue weighted by Gasteiger charge is -2.17. The summed E-state index contributed by atoms with van der Waals surface area (Å²) < 4.78 is 10.9. The Morgan fingerprint density at radius 3 is 2.80 bits per heavy atom. The third-order valence-electron chi connectivity index (χ3n) is 4.10. The summed E-state index contributed by atoms with van der Waals surface area (Å²) in [4.78, 5) is 12.5. The monoisotopic (exact) mass is 363 g/mol. The van der Waals surface area contributed by atoms with Crippen LogP contribution in [0.15, 0.2) is 30.4 Å². The number of ether oxygens (including phenoxy) is 2. The number of aromatic hydroxyl groups is 2. The van der Waals surface area contributed by atoms with Crippen molar-refractivity contribution >= 4 is 23.3 Å². The molecule has 0 amide bonds. The fourth-order valence-electron chi connectivity index (χ4n) is 2.80. The van der Waals surface area contributed by atoms with E-state index < -0.39 is 17.8 Å². The summed E-state index contributed by atoms with van der Waals surface area (Å²) in [5.74, 6) is -1.53. The predicted molar refractivity (Wildman–Crippen MR) is 92.6 cm³/mol. The SMILES string of the molecule is CC1CC2OC2/C=C\C=C\C(=N)Cc2c(Cl)c(O)cc(O)c2C(=O)O1. The Morgan fingerprint density at radius 1 is 1.28 bits per heavy atom. The second-order valence-corrected chi connectivity index (χ2v) is 6.50. The first-order valence-electron chi connectivity index (χ1n) is 7.89. The number of rotatable bonds is 0. The van der Waals surface area contributed by atoms with Crippen LogP contribution in [0.25, 0.3) is 0 Å². The molecule has 3 atom stereocenters. The molecule has 0 spiro atoms. The number of phenols is 2. The van der Waals surface area contributed by atoms with Gasteiger partial charge in [-0.25, -0.2) is 4.79 Å². The largest absolute Gasteiger partial charge is 0.507 e. The molecule has 25 heavy (non-hydrogen) atoms. The van der Waals surface area contributed by atoms with E-state index >= 15 is 0 Å². The molecule has 7 heteroatoms. The molecule has 0 saturated carbocycles. The van der Waals surface area contributed by atoms with Crippen molar-refractivity contribution in [3.8, 4) is 11.5 Å². The van der Waals surface area contributed by atoms with Crippen LogP contribution in [-0.4, -0.2) is 40.2 Å². The average Bonchev–Trinajstić information content (AvgIpc) is 3.25. The highest BCUT2D eigenvalue weighted by Crippen LogP contribution is 2.37. The molecule has 0 radical (unpaired) electrons. The lowest BCUT2D eigenvalue weighted by molar-refractivity contribution is 0.0306. The number of carbonyl (C=O) groups is 1. The van der Waals surface area contributed by atoms with Crippen molar-refractivity contribution in [1.29, 1.82) is 5.41 Å². The summed E-state index contributed by atoms with van der Waals surface area (Å²) >= 11 is 6.11. The molecule has 1 aromatic rings. The maximum atomic E-state index is 12.5. The normalized spacial score (nSPS) is 29.0. The number of phenolic OH excluding ortho intramolecular Hbond substituents is 2. The molecule has 132 valence electrons. The number of allylic oxidation sites excluding steroid dienone is 3. The maximum absolute atomic E-state index is 12.5. The van der Waals surface area contributed by atoms with Crippen molar-refractivity contribution < 1.29 is 24.5 Å². The molecule has 0 bridgehead atoms. The van der Waals surface area contributed by atoms with Gasteiger partial charge in [0.2, 0.25) is 0 Å². The molecule has 6 nitrogen and oxygen atoms in total. The van der Waals surface area contributed by atoms with Gasteiger partial charge >= 0.3 is 5.97 Å². The fourth-order valence-corrected chi connectivity index (χ4v) is 3.02. The van der Waals surface area contributed by atoms with Crippen molar-refractivity contribution in [2.75, 3.05) is 0 Å². The summed E-state index contributed by atoms with van der Waals surface area (Å²) in [6.45, 7) is 1.74. The molecule has 2 aliphatic heterocycles. The Hall–Kier alpha value is -2.31. The Labute approximate surface area is 149 Å². The highest BCUT2D eigenvalue weighted by molar-refractivity contribution is 6.33. The molecule has 2 heterocycles. The van der Waals surface area contributed by atoms with Crippen molar-refractivity contribution in [1.82, 2.24) is 0 Å². The minimum absolute atomic E-state index is 0.0185. The number of cyclic esters (lactones) is 1. The van der Waals surface area contributed by atoms with E-state index in [1.807, 2.05) is 6.08 Å². The molecular weight excluding hydrogens is 346 g/mol. The van der Waals surface area contributed by atoms with Crippen molar-refractivity contribution in [2.45, 2.75) is 38.1 Å². The van der Waals surface area contributed by atoms with Gasteiger partial charge in [0.15, 0.2) is 0 Å². The quantitative estimate of drug-likeness (QED) is 0.485. The van der Waals surface area contributed by atoms with Gasteiger partial charge in [0.25, 0.3) is 0 Å². The maximum Gasteiger partial charge on any atom is 0.342 e. The molecular formula is C18H18ClNO5. The first-order valence-corrected chi connectivity index (χ1v) is 8.26. The lowest BCUT2D eigenvalue weighted by atomic mass is 9.99. The molecule has 0 aromatic heterocycles. The van der Waals surface area contributed by atoms with Crippen LogP contribution >= 0.6 is 11.6 Å². The van der Waals surface area contributed by atoms with Gasteiger partial charge in [-0.1, -0.05) is 29.8 Å². The van der Waals surface area contributed by atoms with Crippen LogP contribution in [0.1, 0.15) is 29.3 Å². The predicted octanol–water partition coefficient (Wildman–Crippen LogP) is 3.14. The van der Waals surface area contributed by atoms with Crippen LogP contribution in [0.2, 0.25) is 5.02 Å². The van der Waals surface area contributed by atoms with Gasteiger partial charge in [0.1, 0.15) is 29.3 Å². The summed E-state index contributed by atoms with van der Waals surface area (Å²) in [6, 6.07) is 0.998. The summed E-state index contributed by atoms with van der Waals surface area (Å²) in [6.07, 6.45) is 6.96. The molecule has 1 saturated heterocycles. The van der Waals surface area contributed by atoms with Crippen LogP contribution < -0.4 is 0 Å². The van der Waals surface area contributed by atoms with Crippen LogP contribution in [0.3, 0.4) is 0 Å². The first kappa shape index (κ1) is 17.5. The molecule has 1 aromatic carbocycles. The number of epoxide rings is 1. The number of carbonyl (C=O) groups excluding carboxylic acids is 1. The van der Waals surface area contributed by atoms with Crippen LogP contribution in [-0.2, 0) is 15.9 Å². The molecule has 2 aliphatic rings. The number of benzene rings is 1. The fraction of sp³-hybridized carbons (Fsp3) is 0.333. The molecule has 1 fully saturated rings. The number of fused-ring (bicyclic) bond motifs is 2. The highest BCUT2D eigenvalue weighted by Gasteiger charge is 2.38. The Morgan fingerprint density at radius 2 is 2.04 bits per heavy atom. The van der Waals surface area contributed by atoms with Crippen molar-refractivity contribution in [3.63, 3.8) is 0 Å². The van der Waals surface area contributed by atoms with Crippen molar-refractivity contribution in [2.24, 2.45) is 0 Å². The van der Waals surface area contributed by atoms with E-state index in [0.29, 0.717) is 6.42 Å². The summed E-state index contributed by atoms with van der Waals surface area (Å²) in [7, 11) is 0. The second kappa shape index (κ2) is 6.90. The zero-order valence-corrected chi connectivity index (χ0v) is 14.3. The van der Waals surface area contributed by atoms with E-state index in [9.17, 15) is 15.0 Å². The smallest absolute Gasteiger partial charge is 0.342 e. The summed E-state index contributed by atoms with van der Waals surface area (Å²) in [5, 5.41) is 27.9. The topological polar surface area (TPSA) is 103 Å².